The van der Waals surface area contributed by atoms with Crippen molar-refractivity contribution in [3.63, 3.8) is 0 Å². The van der Waals surface area contributed by atoms with Gasteiger partial charge in [-0.2, -0.15) is 4.98 Å². The molecule has 7 nitrogen and oxygen atoms in total. The third-order valence-corrected chi connectivity index (χ3v) is 6.10. The van der Waals surface area contributed by atoms with E-state index in [1.165, 1.54) is 11.3 Å². The summed E-state index contributed by atoms with van der Waals surface area (Å²) in [7, 11) is 0. The van der Waals surface area contributed by atoms with Crippen LogP contribution in [0, 0.1) is 0 Å². The fourth-order valence-corrected chi connectivity index (χ4v) is 4.30. The van der Waals surface area contributed by atoms with Gasteiger partial charge < -0.3 is 14.7 Å². The van der Waals surface area contributed by atoms with Gasteiger partial charge in [-0.3, -0.25) is 9.59 Å². The van der Waals surface area contributed by atoms with Gasteiger partial charge in [0.25, 0.3) is 5.91 Å². The third-order valence-electron chi connectivity index (χ3n) is 5.25. The summed E-state index contributed by atoms with van der Waals surface area (Å²) in [5, 5.41) is 8.97. The summed E-state index contributed by atoms with van der Waals surface area (Å²) in [6, 6.07) is 13.4. The number of aromatic nitrogens is 2. The van der Waals surface area contributed by atoms with Crippen LogP contribution in [0.1, 0.15) is 47.2 Å². The molecule has 1 aliphatic rings. The maximum absolute atomic E-state index is 12.8. The van der Waals surface area contributed by atoms with E-state index in [2.05, 4.69) is 15.5 Å². The normalized spacial score (nSPS) is 18.5. The molecular weight excluding hydrogens is 400 g/mol. The number of carbonyl (C=O) groups is 2. The molecule has 1 atom stereocenters. The van der Waals surface area contributed by atoms with E-state index in [-0.39, 0.29) is 17.7 Å². The van der Waals surface area contributed by atoms with Gasteiger partial charge >= 0.3 is 0 Å². The molecule has 3 aromatic rings. The van der Waals surface area contributed by atoms with Gasteiger partial charge in [-0.1, -0.05) is 41.6 Å². The number of benzene rings is 1. The Morgan fingerprint density at radius 1 is 1.13 bits per heavy atom. The van der Waals surface area contributed by atoms with Crippen LogP contribution < -0.4 is 5.32 Å². The molecule has 0 bridgehead atoms. The topological polar surface area (TPSA) is 88.3 Å². The standard InChI is InChI=1S/C22H24N4O3S/c27-19-11-14-26(22(28)18-9-5-15-30-18)13-4-8-17(10-12-23-19)21-24-20(25-29-21)16-6-2-1-3-7-16/h1-3,5-7,9,15,17H,4,8,10-14H2,(H,23,27). The lowest BCUT2D eigenvalue weighted by molar-refractivity contribution is -0.121. The van der Waals surface area contributed by atoms with Crippen molar-refractivity contribution in [2.75, 3.05) is 19.6 Å². The molecule has 1 saturated heterocycles. The number of nitrogens with one attached hydrogen (secondary N) is 1. The molecule has 4 rings (SSSR count). The largest absolute Gasteiger partial charge is 0.356 e. The summed E-state index contributed by atoms with van der Waals surface area (Å²) < 4.78 is 5.57. The molecule has 30 heavy (non-hydrogen) atoms. The second kappa shape index (κ2) is 9.67. The van der Waals surface area contributed by atoms with E-state index in [1.54, 1.807) is 4.90 Å². The van der Waals surface area contributed by atoms with Crippen LogP contribution in [0.2, 0.25) is 0 Å². The Bertz CT molecular complexity index is 971. The number of nitrogens with zero attached hydrogens (tertiary/aromatic N) is 3. The smallest absolute Gasteiger partial charge is 0.263 e. The summed E-state index contributed by atoms with van der Waals surface area (Å²) in [6.45, 7) is 1.57. The SMILES string of the molecule is O=C1CCN(C(=O)c2cccs2)CCCC(c2nc(-c3ccccc3)no2)CCN1. The lowest BCUT2D eigenvalue weighted by Gasteiger charge is -2.22. The molecule has 1 N–H and O–H groups in total. The van der Waals surface area contributed by atoms with Gasteiger partial charge in [-0.25, -0.2) is 0 Å². The molecule has 0 spiro atoms. The van der Waals surface area contributed by atoms with Gasteiger partial charge in [0.15, 0.2) is 0 Å². The number of rotatable bonds is 3. The van der Waals surface area contributed by atoms with Crippen LogP contribution in [0.4, 0.5) is 0 Å². The van der Waals surface area contributed by atoms with Crippen LogP contribution in [-0.4, -0.2) is 46.5 Å². The highest BCUT2D eigenvalue weighted by atomic mass is 32.1. The lowest BCUT2D eigenvalue weighted by atomic mass is 9.99. The predicted octanol–water partition coefficient (Wildman–Crippen LogP) is 3.71. The highest BCUT2D eigenvalue weighted by molar-refractivity contribution is 7.12. The number of carbonyl (C=O) groups excluding carboxylic acids is 2. The zero-order valence-corrected chi connectivity index (χ0v) is 17.4. The van der Waals surface area contributed by atoms with E-state index >= 15 is 0 Å². The Hall–Kier alpha value is -3.00. The number of hydrogen-bond donors (Lipinski definition) is 1. The van der Waals surface area contributed by atoms with Crippen molar-refractivity contribution >= 4 is 23.2 Å². The minimum Gasteiger partial charge on any atom is -0.356 e. The monoisotopic (exact) mass is 424 g/mol. The predicted molar refractivity (Wildman–Crippen MR) is 114 cm³/mol. The summed E-state index contributed by atoms with van der Waals surface area (Å²) in [5.74, 6) is 1.12. The first-order valence-corrected chi connectivity index (χ1v) is 11.1. The quantitative estimate of drug-likeness (QED) is 0.692. The van der Waals surface area contributed by atoms with E-state index in [0.717, 1.165) is 24.8 Å². The number of thiophene rings is 1. The number of amides is 2. The van der Waals surface area contributed by atoms with E-state index < -0.39 is 0 Å². The third kappa shape index (κ3) is 4.94. The first-order chi connectivity index (χ1) is 14.7. The average Bonchev–Trinajstić information content (AvgIpc) is 3.46. The molecule has 0 saturated carbocycles. The molecule has 1 fully saturated rings. The second-order valence-corrected chi connectivity index (χ2v) is 8.27. The van der Waals surface area contributed by atoms with E-state index in [0.29, 0.717) is 42.6 Å². The van der Waals surface area contributed by atoms with E-state index in [9.17, 15) is 9.59 Å². The minimum absolute atomic E-state index is 0.0160. The van der Waals surface area contributed by atoms with Gasteiger partial charge in [0.1, 0.15) is 0 Å². The Morgan fingerprint density at radius 3 is 2.80 bits per heavy atom. The minimum atomic E-state index is -0.0462. The Labute approximate surface area is 179 Å². The average molecular weight is 425 g/mol. The van der Waals surface area contributed by atoms with Crippen molar-refractivity contribution in [2.45, 2.75) is 31.6 Å². The Kier molecular flexibility index (Phi) is 6.53. The van der Waals surface area contributed by atoms with Crippen molar-refractivity contribution in [1.29, 1.82) is 0 Å². The molecule has 1 aromatic carbocycles. The maximum Gasteiger partial charge on any atom is 0.263 e. The Balaban J connectivity index is 1.47. The van der Waals surface area contributed by atoms with Gasteiger partial charge in [-0.05, 0) is 30.7 Å². The molecule has 2 amide bonds. The molecule has 156 valence electrons. The van der Waals surface area contributed by atoms with Gasteiger partial charge in [0.05, 0.1) is 4.88 Å². The summed E-state index contributed by atoms with van der Waals surface area (Å²) >= 11 is 1.42. The zero-order chi connectivity index (χ0) is 20.8. The molecule has 3 heterocycles. The molecule has 1 aliphatic heterocycles. The highest BCUT2D eigenvalue weighted by Gasteiger charge is 2.23. The van der Waals surface area contributed by atoms with Crippen molar-refractivity contribution in [2.24, 2.45) is 0 Å². The van der Waals surface area contributed by atoms with Crippen LogP contribution >= 0.6 is 11.3 Å². The molecule has 2 aromatic heterocycles. The van der Waals surface area contributed by atoms with Gasteiger partial charge in [0.2, 0.25) is 17.6 Å². The summed E-state index contributed by atoms with van der Waals surface area (Å²) in [4.78, 5) is 32.1. The van der Waals surface area contributed by atoms with Crippen LogP contribution in [0.5, 0.6) is 0 Å². The van der Waals surface area contributed by atoms with Crippen molar-refractivity contribution in [3.05, 3.63) is 58.6 Å². The zero-order valence-electron chi connectivity index (χ0n) is 16.6. The van der Waals surface area contributed by atoms with Crippen LogP contribution in [0.15, 0.2) is 52.4 Å². The van der Waals surface area contributed by atoms with E-state index in [4.69, 9.17) is 4.52 Å². The molecular formula is C22H24N4O3S. The van der Waals surface area contributed by atoms with Crippen LogP contribution in [0.25, 0.3) is 11.4 Å². The molecule has 0 aliphatic carbocycles. The molecule has 1 unspecified atom stereocenters. The van der Waals surface area contributed by atoms with Crippen molar-refractivity contribution in [1.82, 2.24) is 20.4 Å². The first-order valence-electron chi connectivity index (χ1n) is 10.2. The second-order valence-electron chi connectivity index (χ2n) is 7.32. The molecule has 8 heteroatoms. The van der Waals surface area contributed by atoms with Gasteiger partial charge in [-0.15, -0.1) is 11.3 Å². The van der Waals surface area contributed by atoms with Crippen LogP contribution in [0.3, 0.4) is 0 Å². The highest BCUT2D eigenvalue weighted by Crippen LogP contribution is 2.26. The Morgan fingerprint density at radius 2 is 2.00 bits per heavy atom. The summed E-state index contributed by atoms with van der Waals surface area (Å²) in [6.07, 6.45) is 2.64. The van der Waals surface area contributed by atoms with Crippen molar-refractivity contribution < 1.29 is 14.1 Å². The summed E-state index contributed by atoms with van der Waals surface area (Å²) in [5.41, 5.74) is 0.908. The first kappa shape index (κ1) is 20.3. The fourth-order valence-electron chi connectivity index (χ4n) is 3.61. The molecule has 0 radical (unpaired) electrons. The van der Waals surface area contributed by atoms with Crippen LogP contribution in [-0.2, 0) is 4.79 Å². The van der Waals surface area contributed by atoms with Gasteiger partial charge in [0, 0.05) is 37.5 Å². The maximum atomic E-state index is 12.8. The number of hydrogen-bond acceptors (Lipinski definition) is 6. The van der Waals surface area contributed by atoms with Crippen molar-refractivity contribution in [3.8, 4) is 11.4 Å². The van der Waals surface area contributed by atoms with E-state index in [1.807, 2.05) is 47.8 Å². The lowest BCUT2D eigenvalue weighted by Crippen LogP contribution is -2.35. The fraction of sp³-hybridized carbons (Fsp3) is 0.364.